The molecule has 0 saturated heterocycles. The predicted octanol–water partition coefficient (Wildman–Crippen LogP) is 2.71. The highest BCUT2D eigenvalue weighted by Gasteiger charge is 2.52. The Labute approximate surface area is 142 Å². The normalized spacial score (nSPS) is 34.2. The van der Waals surface area contributed by atoms with Crippen LogP contribution in [0.3, 0.4) is 0 Å². The van der Waals surface area contributed by atoms with Gasteiger partial charge in [0.15, 0.2) is 0 Å². The van der Waals surface area contributed by atoms with Crippen molar-refractivity contribution in [2.45, 2.75) is 70.9 Å². The predicted molar refractivity (Wildman–Crippen MR) is 89.4 cm³/mol. The van der Waals surface area contributed by atoms with Crippen molar-refractivity contribution in [2.75, 3.05) is 0 Å². The smallest absolute Gasteiger partial charge is 0.0889 e. The summed E-state index contributed by atoms with van der Waals surface area (Å²) in [5.74, 6) is 2.82. The standard InChI is InChI=1S/C18H26N6/c1-3-24-16(12(2)19-22-24)10-23-11-17(20-21-23)18-7-13-4-14(8-18)6-15(5-13)9-18/h11,13-15H,3-10H2,1-2H3. The van der Waals surface area contributed by atoms with Crippen LogP contribution < -0.4 is 0 Å². The van der Waals surface area contributed by atoms with Crippen molar-refractivity contribution < 1.29 is 0 Å². The van der Waals surface area contributed by atoms with Gasteiger partial charge in [0.2, 0.25) is 0 Å². The number of rotatable bonds is 4. The van der Waals surface area contributed by atoms with E-state index in [1.54, 1.807) is 0 Å². The van der Waals surface area contributed by atoms with Crippen molar-refractivity contribution >= 4 is 0 Å². The van der Waals surface area contributed by atoms with E-state index >= 15 is 0 Å². The van der Waals surface area contributed by atoms with Crippen LogP contribution in [0.5, 0.6) is 0 Å². The van der Waals surface area contributed by atoms with Crippen molar-refractivity contribution in [3.05, 3.63) is 23.3 Å². The van der Waals surface area contributed by atoms with E-state index in [1.165, 1.54) is 44.2 Å². The van der Waals surface area contributed by atoms with Crippen LogP contribution in [0, 0.1) is 24.7 Å². The summed E-state index contributed by atoms with van der Waals surface area (Å²) in [5.41, 5.74) is 3.70. The molecule has 0 unspecified atom stereocenters. The average Bonchev–Trinajstić information content (AvgIpc) is 3.15. The topological polar surface area (TPSA) is 61.4 Å². The average molecular weight is 326 g/mol. The highest BCUT2D eigenvalue weighted by molar-refractivity contribution is 5.20. The molecule has 4 fully saturated rings. The summed E-state index contributed by atoms with van der Waals surface area (Å²) in [6.07, 6.45) is 10.6. The summed E-state index contributed by atoms with van der Waals surface area (Å²) >= 11 is 0. The Hall–Kier alpha value is -1.72. The number of nitrogens with zero attached hydrogens (tertiary/aromatic N) is 6. The monoisotopic (exact) mass is 326 g/mol. The lowest BCUT2D eigenvalue weighted by Crippen LogP contribution is -2.48. The van der Waals surface area contributed by atoms with Gasteiger partial charge >= 0.3 is 0 Å². The molecular weight excluding hydrogens is 300 g/mol. The zero-order chi connectivity index (χ0) is 16.3. The summed E-state index contributed by atoms with van der Waals surface area (Å²) in [7, 11) is 0. The highest BCUT2D eigenvalue weighted by atomic mass is 15.5. The molecule has 4 bridgehead atoms. The molecule has 4 aliphatic rings. The third-order valence-corrected chi connectivity index (χ3v) is 6.76. The van der Waals surface area contributed by atoms with Crippen LogP contribution in [0.25, 0.3) is 0 Å². The van der Waals surface area contributed by atoms with E-state index in [9.17, 15) is 0 Å². The number of hydrogen-bond acceptors (Lipinski definition) is 4. The second kappa shape index (κ2) is 5.14. The highest BCUT2D eigenvalue weighted by Crippen LogP contribution is 2.60. The number of aryl methyl sites for hydroxylation is 2. The number of hydrogen-bond donors (Lipinski definition) is 0. The van der Waals surface area contributed by atoms with Crippen molar-refractivity contribution in [3.8, 4) is 0 Å². The molecule has 4 saturated carbocycles. The van der Waals surface area contributed by atoms with Gasteiger partial charge in [-0.05, 0) is 70.1 Å². The molecule has 0 N–H and O–H groups in total. The first-order valence-corrected chi connectivity index (χ1v) is 9.45. The SMILES string of the molecule is CCn1nnc(C)c1Cn1cc(C23CC4CC(CC(C4)C2)C3)nn1. The van der Waals surface area contributed by atoms with Gasteiger partial charge in [0.05, 0.1) is 23.6 Å². The fourth-order valence-corrected chi connectivity index (χ4v) is 6.07. The van der Waals surface area contributed by atoms with Gasteiger partial charge in [-0.25, -0.2) is 9.36 Å². The first kappa shape index (κ1) is 14.6. The van der Waals surface area contributed by atoms with Gasteiger partial charge in [0, 0.05) is 18.2 Å². The van der Waals surface area contributed by atoms with E-state index in [0.717, 1.165) is 35.7 Å². The van der Waals surface area contributed by atoms with Crippen LogP contribution in [-0.2, 0) is 18.5 Å². The molecule has 6 nitrogen and oxygen atoms in total. The molecule has 2 aromatic rings. The molecule has 2 heterocycles. The van der Waals surface area contributed by atoms with Crippen molar-refractivity contribution in [3.63, 3.8) is 0 Å². The molecule has 6 rings (SSSR count). The van der Waals surface area contributed by atoms with E-state index in [1.807, 2.05) is 16.3 Å². The molecule has 0 aliphatic heterocycles. The van der Waals surface area contributed by atoms with Gasteiger partial charge in [-0.1, -0.05) is 10.4 Å². The molecule has 0 spiro atoms. The zero-order valence-electron chi connectivity index (χ0n) is 14.6. The van der Waals surface area contributed by atoms with Crippen LogP contribution in [0.4, 0.5) is 0 Å². The summed E-state index contributed by atoms with van der Waals surface area (Å²) in [6.45, 7) is 5.67. The summed E-state index contributed by atoms with van der Waals surface area (Å²) in [4.78, 5) is 0. The van der Waals surface area contributed by atoms with E-state index in [2.05, 4.69) is 33.7 Å². The van der Waals surface area contributed by atoms with Gasteiger partial charge in [0.1, 0.15) is 0 Å². The molecule has 4 aliphatic carbocycles. The molecule has 0 atom stereocenters. The largest absolute Gasteiger partial charge is 0.247 e. The van der Waals surface area contributed by atoms with Gasteiger partial charge in [-0.2, -0.15) is 0 Å². The van der Waals surface area contributed by atoms with Gasteiger partial charge in [-0.15, -0.1) is 10.2 Å². The lowest BCUT2D eigenvalue weighted by Gasteiger charge is -2.56. The maximum atomic E-state index is 4.63. The van der Waals surface area contributed by atoms with Crippen LogP contribution >= 0.6 is 0 Å². The minimum absolute atomic E-state index is 0.325. The van der Waals surface area contributed by atoms with Crippen molar-refractivity contribution in [1.29, 1.82) is 0 Å². The van der Waals surface area contributed by atoms with Crippen LogP contribution in [0.15, 0.2) is 6.20 Å². The second-order valence-corrected chi connectivity index (χ2v) is 8.44. The van der Waals surface area contributed by atoms with Crippen molar-refractivity contribution in [2.24, 2.45) is 17.8 Å². The fourth-order valence-electron chi connectivity index (χ4n) is 6.07. The summed E-state index contributed by atoms with van der Waals surface area (Å²) < 4.78 is 3.95. The van der Waals surface area contributed by atoms with Gasteiger partial charge < -0.3 is 0 Å². The summed E-state index contributed by atoms with van der Waals surface area (Å²) in [5, 5.41) is 17.5. The molecular formula is C18H26N6. The second-order valence-electron chi connectivity index (χ2n) is 8.44. The molecule has 2 aromatic heterocycles. The summed E-state index contributed by atoms with van der Waals surface area (Å²) in [6, 6.07) is 0. The van der Waals surface area contributed by atoms with Gasteiger partial charge in [0.25, 0.3) is 0 Å². The third-order valence-electron chi connectivity index (χ3n) is 6.76. The lowest BCUT2D eigenvalue weighted by molar-refractivity contribution is -0.00725. The molecule has 0 aromatic carbocycles. The lowest BCUT2D eigenvalue weighted by atomic mass is 9.49. The Balaban J connectivity index is 1.42. The fraction of sp³-hybridized carbons (Fsp3) is 0.778. The minimum Gasteiger partial charge on any atom is -0.247 e. The molecule has 24 heavy (non-hydrogen) atoms. The number of aromatic nitrogens is 6. The van der Waals surface area contributed by atoms with Gasteiger partial charge in [-0.3, -0.25) is 0 Å². The molecule has 0 radical (unpaired) electrons. The maximum absolute atomic E-state index is 4.63. The Morgan fingerprint density at radius 1 is 1.04 bits per heavy atom. The maximum Gasteiger partial charge on any atom is 0.0889 e. The van der Waals surface area contributed by atoms with Crippen LogP contribution in [0.2, 0.25) is 0 Å². The zero-order valence-corrected chi connectivity index (χ0v) is 14.6. The van der Waals surface area contributed by atoms with E-state index in [0.29, 0.717) is 12.0 Å². The van der Waals surface area contributed by atoms with E-state index in [4.69, 9.17) is 0 Å². The van der Waals surface area contributed by atoms with E-state index in [-0.39, 0.29) is 0 Å². The minimum atomic E-state index is 0.325. The molecule has 128 valence electrons. The van der Waals surface area contributed by atoms with Crippen LogP contribution in [-0.4, -0.2) is 30.0 Å². The Bertz CT molecular complexity index is 722. The first-order chi connectivity index (χ1) is 11.6. The van der Waals surface area contributed by atoms with Crippen LogP contribution in [0.1, 0.15) is 62.5 Å². The Morgan fingerprint density at radius 3 is 2.33 bits per heavy atom. The molecule has 6 heteroatoms. The Kier molecular flexibility index (Phi) is 3.13. The van der Waals surface area contributed by atoms with E-state index < -0.39 is 0 Å². The molecule has 0 amide bonds. The first-order valence-electron chi connectivity index (χ1n) is 9.45. The Morgan fingerprint density at radius 2 is 1.71 bits per heavy atom. The third kappa shape index (κ3) is 2.15. The van der Waals surface area contributed by atoms with Crippen molar-refractivity contribution in [1.82, 2.24) is 30.0 Å². The quantitative estimate of drug-likeness (QED) is 0.867.